The number of fused-ring (bicyclic) bond motifs is 1. The summed E-state index contributed by atoms with van der Waals surface area (Å²) in [5, 5.41) is 11.2. The first-order valence-electron chi connectivity index (χ1n) is 6.42. The van der Waals surface area contributed by atoms with E-state index in [0.717, 1.165) is 16.7 Å². The first kappa shape index (κ1) is 13.6. The lowest BCUT2D eigenvalue weighted by Crippen LogP contribution is -2.03. The minimum absolute atomic E-state index is 0.0477. The molecule has 0 unspecified atom stereocenters. The summed E-state index contributed by atoms with van der Waals surface area (Å²) < 4.78 is 7.38. The fourth-order valence-corrected chi connectivity index (χ4v) is 2.92. The van der Waals surface area contributed by atoms with E-state index >= 15 is 0 Å². The van der Waals surface area contributed by atoms with Gasteiger partial charge in [-0.05, 0) is 37.5 Å². The quantitative estimate of drug-likeness (QED) is 0.799. The Balaban J connectivity index is 2.14. The maximum atomic E-state index is 11.5. The van der Waals surface area contributed by atoms with Crippen LogP contribution in [0.3, 0.4) is 0 Å². The van der Waals surface area contributed by atoms with Gasteiger partial charge in [-0.1, -0.05) is 12.1 Å². The molecule has 2 aromatic heterocycles. The summed E-state index contributed by atoms with van der Waals surface area (Å²) in [5.74, 6) is -0.256. The van der Waals surface area contributed by atoms with Crippen molar-refractivity contribution in [1.29, 1.82) is 0 Å². The third kappa shape index (κ3) is 2.17. The lowest BCUT2D eigenvalue weighted by atomic mass is 10.1. The van der Waals surface area contributed by atoms with Gasteiger partial charge < -0.3 is 9.84 Å². The second-order valence-corrected chi connectivity index (χ2v) is 5.75. The number of benzene rings is 1. The molecule has 3 aromatic rings. The highest BCUT2D eigenvalue weighted by atomic mass is 32.1. The molecule has 0 saturated heterocycles. The zero-order valence-electron chi connectivity index (χ0n) is 11.9. The predicted molar refractivity (Wildman–Crippen MR) is 80.8 cm³/mol. The zero-order valence-corrected chi connectivity index (χ0v) is 12.7. The van der Waals surface area contributed by atoms with Crippen LogP contribution in [0.15, 0.2) is 23.7 Å². The molecule has 0 radical (unpaired) electrons. The van der Waals surface area contributed by atoms with Gasteiger partial charge in [0.25, 0.3) is 5.88 Å². The molecule has 0 aliphatic carbocycles. The molecule has 0 saturated carbocycles. The van der Waals surface area contributed by atoms with Gasteiger partial charge in [0, 0.05) is 11.6 Å². The Morgan fingerprint density at radius 1 is 1.29 bits per heavy atom. The minimum atomic E-state index is -1.06. The van der Waals surface area contributed by atoms with Crippen molar-refractivity contribution in [3.05, 3.63) is 46.1 Å². The second-order valence-electron chi connectivity index (χ2n) is 4.88. The van der Waals surface area contributed by atoms with Gasteiger partial charge in [-0.25, -0.2) is 4.79 Å². The Morgan fingerprint density at radius 3 is 2.71 bits per heavy atom. The lowest BCUT2D eigenvalue weighted by molar-refractivity contribution is 0.0686. The molecular weight excluding hydrogens is 288 g/mol. The van der Waals surface area contributed by atoms with Gasteiger partial charge in [0.1, 0.15) is 5.75 Å². The molecule has 108 valence electrons. The van der Waals surface area contributed by atoms with Gasteiger partial charge >= 0.3 is 5.97 Å². The van der Waals surface area contributed by atoms with E-state index in [9.17, 15) is 9.90 Å². The number of thiazole rings is 1. The number of carboxylic acid groups (broad SMARTS) is 1. The maximum absolute atomic E-state index is 11.5. The molecular formula is C15H14N2O3S. The van der Waals surface area contributed by atoms with E-state index < -0.39 is 5.97 Å². The van der Waals surface area contributed by atoms with Crippen molar-refractivity contribution in [3.63, 3.8) is 0 Å². The number of carbonyl (C=O) groups is 1. The van der Waals surface area contributed by atoms with E-state index in [0.29, 0.717) is 10.7 Å². The molecule has 1 N–H and O–H groups in total. The summed E-state index contributed by atoms with van der Waals surface area (Å²) in [6.07, 6.45) is 1.68. The van der Waals surface area contributed by atoms with Crippen molar-refractivity contribution in [2.24, 2.45) is 0 Å². The molecule has 0 amide bonds. The first-order valence-corrected chi connectivity index (χ1v) is 7.30. The van der Waals surface area contributed by atoms with E-state index in [4.69, 9.17) is 4.74 Å². The highest BCUT2D eigenvalue weighted by Crippen LogP contribution is 2.33. The number of aryl methyl sites for hydroxylation is 2. The topological polar surface area (TPSA) is 63.8 Å². The van der Waals surface area contributed by atoms with Crippen LogP contribution in [0.1, 0.15) is 27.2 Å². The van der Waals surface area contributed by atoms with Gasteiger partial charge in [0.05, 0.1) is 0 Å². The summed E-state index contributed by atoms with van der Waals surface area (Å²) in [4.78, 5) is 16.4. The molecule has 0 bridgehead atoms. The summed E-state index contributed by atoms with van der Waals surface area (Å²) in [7, 11) is 0. The third-order valence-corrected chi connectivity index (χ3v) is 4.26. The molecule has 1 aromatic carbocycles. The Bertz CT molecular complexity index is 848. The van der Waals surface area contributed by atoms with Crippen LogP contribution < -0.4 is 4.74 Å². The highest BCUT2D eigenvalue weighted by Gasteiger charge is 2.22. The molecule has 0 fully saturated rings. The number of rotatable bonds is 3. The van der Waals surface area contributed by atoms with Gasteiger partial charge in [-0.3, -0.25) is 4.40 Å². The van der Waals surface area contributed by atoms with Crippen molar-refractivity contribution in [1.82, 2.24) is 9.38 Å². The van der Waals surface area contributed by atoms with Crippen LogP contribution in [0.2, 0.25) is 0 Å². The van der Waals surface area contributed by atoms with Crippen LogP contribution in [0.4, 0.5) is 0 Å². The lowest BCUT2D eigenvalue weighted by Gasteiger charge is -2.12. The molecule has 21 heavy (non-hydrogen) atoms. The van der Waals surface area contributed by atoms with Crippen LogP contribution in [0.25, 0.3) is 4.96 Å². The standard InChI is InChI=1S/C15H14N2O3S/c1-8-4-5-9(2)12(10(8)3)20-13-11(14(18)19)17-6-7-21-15(17)16-13/h4-7H,1-3H3,(H,18,19). The molecule has 0 aliphatic heterocycles. The molecule has 2 heterocycles. The monoisotopic (exact) mass is 302 g/mol. The minimum Gasteiger partial charge on any atom is -0.476 e. The highest BCUT2D eigenvalue weighted by molar-refractivity contribution is 7.15. The SMILES string of the molecule is Cc1ccc(C)c(Oc2nc3sccn3c2C(=O)O)c1C. The van der Waals surface area contributed by atoms with Crippen LogP contribution in [0, 0.1) is 20.8 Å². The van der Waals surface area contributed by atoms with Crippen molar-refractivity contribution >= 4 is 22.3 Å². The largest absolute Gasteiger partial charge is 0.476 e. The summed E-state index contributed by atoms with van der Waals surface area (Å²) >= 11 is 1.37. The van der Waals surface area contributed by atoms with Crippen LogP contribution in [-0.2, 0) is 0 Å². The summed E-state index contributed by atoms with van der Waals surface area (Å²) in [5.41, 5.74) is 3.08. The smallest absolute Gasteiger partial charge is 0.358 e. The number of hydrogen-bond donors (Lipinski definition) is 1. The van der Waals surface area contributed by atoms with Gasteiger partial charge in [0.15, 0.2) is 10.7 Å². The molecule has 0 spiro atoms. The van der Waals surface area contributed by atoms with Crippen molar-refractivity contribution < 1.29 is 14.6 Å². The molecule has 0 aliphatic rings. The molecule has 3 rings (SSSR count). The summed E-state index contributed by atoms with van der Waals surface area (Å²) in [6, 6.07) is 3.97. The predicted octanol–water partition coefficient (Wildman–Crippen LogP) is 3.81. The molecule has 0 atom stereocenters. The number of aromatic nitrogens is 2. The number of ether oxygens (including phenoxy) is 1. The van der Waals surface area contributed by atoms with Crippen LogP contribution in [-0.4, -0.2) is 20.5 Å². The normalized spacial score (nSPS) is 11.0. The zero-order chi connectivity index (χ0) is 15.1. The molecule has 5 nitrogen and oxygen atoms in total. The average molecular weight is 302 g/mol. The van der Waals surface area contributed by atoms with Crippen LogP contribution in [0.5, 0.6) is 11.6 Å². The molecule has 6 heteroatoms. The van der Waals surface area contributed by atoms with Crippen LogP contribution >= 0.6 is 11.3 Å². The number of aromatic carboxylic acids is 1. The Morgan fingerprint density at radius 2 is 2.00 bits per heavy atom. The fraction of sp³-hybridized carbons (Fsp3) is 0.200. The fourth-order valence-electron chi connectivity index (χ4n) is 2.21. The van der Waals surface area contributed by atoms with E-state index in [1.54, 1.807) is 11.6 Å². The number of hydrogen-bond acceptors (Lipinski definition) is 4. The van der Waals surface area contributed by atoms with E-state index in [-0.39, 0.29) is 11.6 Å². The van der Waals surface area contributed by atoms with Crippen molar-refractivity contribution in [2.45, 2.75) is 20.8 Å². The van der Waals surface area contributed by atoms with Gasteiger partial charge in [0.2, 0.25) is 0 Å². The van der Waals surface area contributed by atoms with Gasteiger partial charge in [-0.2, -0.15) is 4.98 Å². The first-order chi connectivity index (χ1) is 9.99. The number of carboxylic acids is 1. The van der Waals surface area contributed by atoms with E-state index in [2.05, 4.69) is 4.98 Å². The van der Waals surface area contributed by atoms with Gasteiger partial charge in [-0.15, -0.1) is 11.3 Å². The summed E-state index contributed by atoms with van der Waals surface area (Å²) in [6.45, 7) is 5.88. The Labute approximate surface area is 125 Å². The van der Waals surface area contributed by atoms with E-state index in [1.165, 1.54) is 15.7 Å². The third-order valence-electron chi connectivity index (χ3n) is 3.51. The Hall–Kier alpha value is -2.34. The number of imidazole rings is 1. The van der Waals surface area contributed by atoms with Crippen molar-refractivity contribution in [2.75, 3.05) is 0 Å². The average Bonchev–Trinajstić information content (AvgIpc) is 2.98. The number of nitrogens with zero attached hydrogens (tertiary/aromatic N) is 2. The van der Waals surface area contributed by atoms with Crippen molar-refractivity contribution in [3.8, 4) is 11.6 Å². The second kappa shape index (κ2) is 4.89. The maximum Gasteiger partial charge on any atom is 0.358 e. The Kier molecular flexibility index (Phi) is 3.17. The van der Waals surface area contributed by atoms with E-state index in [1.807, 2.05) is 32.9 Å².